The number of carbonyl (C=O) groups is 3. The van der Waals surface area contributed by atoms with Crippen LogP contribution in [-0.2, 0) is 20.9 Å². The van der Waals surface area contributed by atoms with Gasteiger partial charge in [-0.2, -0.15) is 0 Å². The molecule has 0 bridgehead atoms. The Hall–Kier alpha value is -4.02. The smallest absolute Gasteiger partial charge is 0.328 e. The number of carboxylic acid groups (broad SMARTS) is 2. The van der Waals surface area contributed by atoms with Crippen molar-refractivity contribution in [3.8, 4) is 0 Å². The minimum Gasteiger partial charge on any atom is -0.480 e. The number of aromatic nitrogens is 2. The third-order valence-corrected chi connectivity index (χ3v) is 5.81. The number of amides is 1. The zero-order valence-corrected chi connectivity index (χ0v) is 18.3. The summed E-state index contributed by atoms with van der Waals surface area (Å²) in [7, 11) is 0. The van der Waals surface area contributed by atoms with Crippen LogP contribution in [0.3, 0.4) is 0 Å². The molecule has 4 rings (SSSR count). The molecule has 0 aliphatic carbocycles. The fourth-order valence-electron chi connectivity index (χ4n) is 4.19. The highest BCUT2D eigenvalue weighted by Crippen LogP contribution is 2.31. The Kier molecular flexibility index (Phi) is 7.00. The van der Waals surface area contributed by atoms with Crippen molar-refractivity contribution in [2.45, 2.75) is 12.6 Å². The summed E-state index contributed by atoms with van der Waals surface area (Å²) in [5.41, 5.74) is 2.97. The Morgan fingerprint density at radius 1 is 1.06 bits per heavy atom. The first-order chi connectivity index (χ1) is 16.4. The van der Waals surface area contributed by atoms with Crippen LogP contribution in [0.15, 0.2) is 61.1 Å². The van der Waals surface area contributed by atoms with Crippen LogP contribution in [-0.4, -0.2) is 74.0 Å². The summed E-state index contributed by atoms with van der Waals surface area (Å²) < 4.78 is 0. The number of pyridine rings is 1. The van der Waals surface area contributed by atoms with E-state index in [1.54, 1.807) is 36.8 Å². The number of anilines is 1. The van der Waals surface area contributed by atoms with Crippen LogP contribution in [0.25, 0.3) is 10.9 Å². The molecule has 0 spiro atoms. The molecule has 2 aromatic heterocycles. The van der Waals surface area contributed by atoms with Gasteiger partial charge < -0.3 is 20.5 Å². The van der Waals surface area contributed by atoms with Crippen LogP contribution in [0.1, 0.15) is 17.2 Å². The van der Waals surface area contributed by atoms with Gasteiger partial charge in [-0.15, -0.1) is 0 Å². The minimum atomic E-state index is -1.22. The lowest BCUT2D eigenvalue weighted by Crippen LogP contribution is -2.48. The summed E-state index contributed by atoms with van der Waals surface area (Å²) in [6, 6.07) is 8.24. The summed E-state index contributed by atoms with van der Waals surface area (Å²) in [4.78, 5) is 46.3. The monoisotopic (exact) mass is 463 g/mol. The van der Waals surface area contributed by atoms with E-state index in [-0.39, 0.29) is 0 Å². The molecule has 1 amide bonds. The van der Waals surface area contributed by atoms with Gasteiger partial charge in [-0.25, -0.2) is 4.79 Å². The van der Waals surface area contributed by atoms with Crippen molar-refractivity contribution in [1.29, 1.82) is 0 Å². The van der Waals surface area contributed by atoms with Gasteiger partial charge in [0.25, 0.3) is 0 Å². The number of aliphatic carboxylic acids is 2. The van der Waals surface area contributed by atoms with Gasteiger partial charge in [0.15, 0.2) is 0 Å². The van der Waals surface area contributed by atoms with Gasteiger partial charge in [0.1, 0.15) is 6.04 Å². The van der Waals surface area contributed by atoms with Gasteiger partial charge >= 0.3 is 11.9 Å². The number of fused-ring (bicyclic) bond motifs is 1. The SMILES string of the molecule is O=C(O)C=CC(=O)Nc1ccc2[nH]cc(C(C(=O)O)N3CCN(Cc4ccncc4)CC3)c2c1. The summed E-state index contributed by atoms with van der Waals surface area (Å²) in [5, 5.41) is 22.0. The van der Waals surface area contributed by atoms with Gasteiger partial charge in [0.05, 0.1) is 0 Å². The molecule has 1 aliphatic heterocycles. The fraction of sp³-hybridized carbons (Fsp3) is 0.250. The number of benzene rings is 1. The number of hydrogen-bond acceptors (Lipinski definition) is 6. The highest BCUT2D eigenvalue weighted by Gasteiger charge is 2.32. The average Bonchev–Trinajstić information content (AvgIpc) is 3.22. The van der Waals surface area contributed by atoms with Crippen molar-refractivity contribution < 1.29 is 24.6 Å². The Bertz CT molecular complexity index is 1210. The molecule has 10 heteroatoms. The van der Waals surface area contributed by atoms with Crippen LogP contribution in [0.5, 0.6) is 0 Å². The number of rotatable bonds is 8. The van der Waals surface area contributed by atoms with Crippen molar-refractivity contribution >= 4 is 34.4 Å². The molecule has 10 nitrogen and oxygen atoms in total. The van der Waals surface area contributed by atoms with Crippen LogP contribution in [0.4, 0.5) is 5.69 Å². The van der Waals surface area contributed by atoms with E-state index in [4.69, 9.17) is 5.11 Å². The van der Waals surface area contributed by atoms with E-state index >= 15 is 0 Å². The van der Waals surface area contributed by atoms with Crippen LogP contribution < -0.4 is 5.32 Å². The second-order valence-electron chi connectivity index (χ2n) is 8.07. The normalized spacial score (nSPS) is 16.0. The summed E-state index contributed by atoms with van der Waals surface area (Å²) in [6.07, 6.45) is 6.91. The molecule has 1 atom stereocenters. The van der Waals surface area contributed by atoms with Crippen molar-refractivity contribution in [2.24, 2.45) is 0 Å². The van der Waals surface area contributed by atoms with E-state index in [0.717, 1.165) is 37.3 Å². The topological polar surface area (TPSA) is 139 Å². The summed E-state index contributed by atoms with van der Waals surface area (Å²) >= 11 is 0. The molecule has 0 saturated carbocycles. The molecule has 34 heavy (non-hydrogen) atoms. The maximum Gasteiger partial charge on any atom is 0.328 e. The molecule has 176 valence electrons. The number of aromatic amines is 1. The minimum absolute atomic E-state index is 0.444. The first kappa shape index (κ1) is 23.1. The van der Waals surface area contributed by atoms with E-state index < -0.39 is 23.9 Å². The molecule has 3 heterocycles. The van der Waals surface area contributed by atoms with Gasteiger partial charge in [0, 0.05) is 85.6 Å². The quantitative estimate of drug-likeness (QED) is 0.373. The van der Waals surface area contributed by atoms with Crippen LogP contribution in [0, 0.1) is 0 Å². The Morgan fingerprint density at radius 2 is 1.79 bits per heavy atom. The second kappa shape index (κ2) is 10.3. The molecule has 1 saturated heterocycles. The molecule has 4 N–H and O–H groups in total. The van der Waals surface area contributed by atoms with Gasteiger partial charge in [0.2, 0.25) is 5.91 Å². The largest absolute Gasteiger partial charge is 0.480 e. The van der Waals surface area contributed by atoms with E-state index in [1.165, 1.54) is 5.56 Å². The predicted octanol–water partition coefficient (Wildman–Crippen LogP) is 2.09. The number of nitrogens with one attached hydrogen (secondary N) is 2. The fourth-order valence-corrected chi connectivity index (χ4v) is 4.19. The third-order valence-electron chi connectivity index (χ3n) is 5.81. The van der Waals surface area contributed by atoms with Crippen molar-refractivity contribution in [3.05, 3.63) is 72.2 Å². The molecule has 1 fully saturated rings. The van der Waals surface area contributed by atoms with E-state index in [9.17, 15) is 19.5 Å². The molecular weight excluding hydrogens is 438 g/mol. The Balaban J connectivity index is 1.50. The standard InChI is InChI=1S/C24H25N5O5/c30-21(3-4-22(31)32)27-17-1-2-20-18(13-17)19(14-26-20)23(24(33)34)29-11-9-28(10-12-29)15-16-5-7-25-8-6-16/h1-8,13-14,23,26H,9-12,15H2,(H,27,30)(H,31,32)(H,33,34). The number of piperazine rings is 1. The molecule has 0 radical (unpaired) electrons. The van der Waals surface area contributed by atoms with Crippen LogP contribution >= 0.6 is 0 Å². The molecule has 1 aliphatic rings. The predicted molar refractivity (Wildman–Crippen MR) is 125 cm³/mol. The van der Waals surface area contributed by atoms with Crippen molar-refractivity contribution in [2.75, 3.05) is 31.5 Å². The van der Waals surface area contributed by atoms with E-state index in [1.807, 2.05) is 17.0 Å². The summed E-state index contributed by atoms with van der Waals surface area (Å²) in [6.45, 7) is 3.48. The molecule has 1 aromatic carbocycles. The van der Waals surface area contributed by atoms with Gasteiger partial charge in [-0.3, -0.25) is 24.4 Å². The number of hydrogen-bond donors (Lipinski definition) is 4. The molecular formula is C24H25N5O5. The maximum absolute atomic E-state index is 12.3. The van der Waals surface area contributed by atoms with Crippen LogP contribution in [0.2, 0.25) is 0 Å². The van der Waals surface area contributed by atoms with Crippen molar-refractivity contribution in [3.63, 3.8) is 0 Å². The lowest BCUT2D eigenvalue weighted by Gasteiger charge is -2.37. The van der Waals surface area contributed by atoms with Gasteiger partial charge in [-0.05, 0) is 35.9 Å². The highest BCUT2D eigenvalue weighted by atomic mass is 16.4. The first-order valence-corrected chi connectivity index (χ1v) is 10.8. The first-order valence-electron chi connectivity index (χ1n) is 10.8. The van der Waals surface area contributed by atoms with Gasteiger partial charge in [-0.1, -0.05) is 0 Å². The van der Waals surface area contributed by atoms with E-state index in [2.05, 4.69) is 20.2 Å². The number of carbonyl (C=O) groups excluding carboxylic acids is 1. The Labute approximate surface area is 195 Å². The van der Waals surface area contributed by atoms with Crippen molar-refractivity contribution in [1.82, 2.24) is 19.8 Å². The summed E-state index contributed by atoms with van der Waals surface area (Å²) in [5.74, 6) is -2.75. The Morgan fingerprint density at radius 3 is 2.47 bits per heavy atom. The number of nitrogens with zero attached hydrogens (tertiary/aromatic N) is 3. The maximum atomic E-state index is 12.3. The number of carboxylic acids is 2. The lowest BCUT2D eigenvalue weighted by atomic mass is 10.0. The highest BCUT2D eigenvalue weighted by molar-refractivity contribution is 6.03. The lowest BCUT2D eigenvalue weighted by molar-refractivity contribution is -0.144. The number of H-pyrrole nitrogens is 1. The molecule has 1 unspecified atom stereocenters. The second-order valence-corrected chi connectivity index (χ2v) is 8.07. The zero-order chi connectivity index (χ0) is 24.1. The van der Waals surface area contributed by atoms with E-state index in [0.29, 0.717) is 29.7 Å². The molecule has 3 aromatic rings. The zero-order valence-electron chi connectivity index (χ0n) is 18.3. The third kappa shape index (κ3) is 5.48. The average molecular weight is 463 g/mol.